The maximum atomic E-state index is 14.6. The Hall–Kier alpha value is -3.50. The minimum atomic E-state index is -4.45. The third kappa shape index (κ3) is 3.70. The van der Waals surface area contributed by atoms with Gasteiger partial charge < -0.3 is 9.80 Å². The number of hydrogen-bond acceptors (Lipinski definition) is 5. The summed E-state index contributed by atoms with van der Waals surface area (Å²) in [5, 5.41) is 7.94. The number of halogens is 4. The summed E-state index contributed by atoms with van der Waals surface area (Å²) in [5.74, 6) is -0.280. The standard InChI is InChI=1S/C22H20F4N6O/c1-30(19-6-5-14(11-27-19)22(24,25)26)17-9-13-10-18(17)31(12-13)21(33)15-3-2-4-16(23)20(15)32-28-7-8-29-32/h2-8,11,13,17-18H,9-10,12H2,1H3/t13-,17-,18+/m1/s1. The number of amides is 1. The van der Waals surface area contributed by atoms with Crippen molar-refractivity contribution in [2.45, 2.75) is 31.1 Å². The predicted molar refractivity (Wildman–Crippen MR) is 110 cm³/mol. The minimum absolute atomic E-state index is 0.00964. The number of alkyl halides is 3. The summed E-state index contributed by atoms with van der Waals surface area (Å²) in [5.41, 5.74) is -0.660. The van der Waals surface area contributed by atoms with Crippen molar-refractivity contribution in [1.29, 1.82) is 0 Å². The molecule has 1 aliphatic carbocycles. The number of likely N-dealkylation sites (N-methyl/N-ethyl adjacent to an activating group) is 1. The zero-order valence-corrected chi connectivity index (χ0v) is 17.6. The van der Waals surface area contributed by atoms with Crippen LogP contribution in [0.2, 0.25) is 0 Å². The Balaban J connectivity index is 1.40. The quantitative estimate of drug-likeness (QED) is 0.557. The number of carbonyl (C=O) groups is 1. The number of carbonyl (C=O) groups excluding carboxylic acids is 1. The summed E-state index contributed by atoms with van der Waals surface area (Å²) in [7, 11) is 1.77. The molecule has 3 aromatic rings. The second-order valence-electron chi connectivity index (χ2n) is 8.40. The first kappa shape index (κ1) is 21.4. The fourth-order valence-corrected chi connectivity index (χ4v) is 4.95. The molecular formula is C22H20F4N6O. The Kier molecular flexibility index (Phi) is 5.06. The molecule has 3 heterocycles. The topological polar surface area (TPSA) is 67.2 Å². The van der Waals surface area contributed by atoms with E-state index in [0.29, 0.717) is 12.4 Å². The summed E-state index contributed by atoms with van der Waals surface area (Å²) < 4.78 is 53.2. The Labute approximate surface area is 186 Å². The normalized spacial score (nSPS) is 22.1. The van der Waals surface area contributed by atoms with Crippen molar-refractivity contribution in [3.05, 3.63) is 65.9 Å². The number of benzene rings is 1. The fraction of sp³-hybridized carbons (Fsp3) is 0.364. The van der Waals surface area contributed by atoms with E-state index in [0.717, 1.165) is 29.9 Å². The summed E-state index contributed by atoms with van der Waals surface area (Å²) >= 11 is 0. The predicted octanol–water partition coefficient (Wildman–Crippen LogP) is 3.56. The van der Waals surface area contributed by atoms with Crippen LogP contribution in [0, 0.1) is 11.7 Å². The molecule has 2 aromatic heterocycles. The molecule has 0 spiro atoms. The van der Waals surface area contributed by atoms with Crippen LogP contribution in [0.25, 0.3) is 5.69 Å². The van der Waals surface area contributed by atoms with Gasteiger partial charge in [0.15, 0.2) is 5.82 Å². The number of anilines is 1. The van der Waals surface area contributed by atoms with E-state index in [2.05, 4.69) is 15.2 Å². The van der Waals surface area contributed by atoms with Crippen molar-refractivity contribution in [1.82, 2.24) is 24.9 Å². The van der Waals surface area contributed by atoms with Crippen molar-refractivity contribution >= 4 is 11.7 Å². The van der Waals surface area contributed by atoms with Gasteiger partial charge in [-0.3, -0.25) is 4.79 Å². The molecule has 172 valence electrons. The number of fused-ring (bicyclic) bond motifs is 2. The van der Waals surface area contributed by atoms with Gasteiger partial charge in [-0.2, -0.15) is 23.4 Å². The van der Waals surface area contributed by atoms with E-state index in [1.54, 1.807) is 18.0 Å². The molecule has 3 atom stereocenters. The largest absolute Gasteiger partial charge is 0.417 e. The Morgan fingerprint density at radius 3 is 2.52 bits per heavy atom. The third-order valence-electron chi connectivity index (χ3n) is 6.48. The van der Waals surface area contributed by atoms with Gasteiger partial charge in [0.1, 0.15) is 11.5 Å². The van der Waals surface area contributed by atoms with Gasteiger partial charge in [-0.15, -0.1) is 4.80 Å². The molecule has 1 saturated heterocycles. The second kappa shape index (κ2) is 7.82. The van der Waals surface area contributed by atoms with Crippen LogP contribution < -0.4 is 4.90 Å². The van der Waals surface area contributed by atoms with E-state index in [9.17, 15) is 22.4 Å². The maximum Gasteiger partial charge on any atom is 0.417 e. The molecule has 11 heteroatoms. The smallest absolute Gasteiger partial charge is 0.355 e. The lowest BCUT2D eigenvalue weighted by molar-refractivity contribution is -0.137. The number of aromatic nitrogens is 4. The van der Waals surface area contributed by atoms with E-state index < -0.39 is 17.6 Å². The average molecular weight is 460 g/mol. The summed E-state index contributed by atoms with van der Waals surface area (Å²) in [6, 6.07) is 6.33. The average Bonchev–Trinajstić information content (AvgIpc) is 3.55. The summed E-state index contributed by atoms with van der Waals surface area (Å²) in [6.45, 7) is 0.538. The van der Waals surface area contributed by atoms with Crippen LogP contribution in [0.5, 0.6) is 0 Å². The maximum absolute atomic E-state index is 14.6. The summed E-state index contributed by atoms with van der Waals surface area (Å²) in [6.07, 6.45) is 0.738. The second-order valence-corrected chi connectivity index (χ2v) is 8.40. The molecule has 1 aromatic carbocycles. The molecule has 1 aliphatic heterocycles. The molecule has 2 fully saturated rings. The van der Waals surface area contributed by atoms with Crippen LogP contribution in [0.1, 0.15) is 28.8 Å². The minimum Gasteiger partial charge on any atom is -0.355 e. The van der Waals surface area contributed by atoms with Gasteiger partial charge in [0.2, 0.25) is 0 Å². The Morgan fingerprint density at radius 2 is 1.88 bits per heavy atom. The highest BCUT2D eigenvalue weighted by molar-refractivity contribution is 5.98. The van der Waals surface area contributed by atoms with Crippen molar-refractivity contribution in [3.63, 3.8) is 0 Å². The lowest BCUT2D eigenvalue weighted by Crippen LogP contribution is -2.51. The first-order valence-electron chi connectivity index (χ1n) is 10.5. The number of likely N-dealkylation sites (tertiary alicyclic amines) is 1. The molecule has 2 bridgehead atoms. The molecule has 1 saturated carbocycles. The first-order valence-corrected chi connectivity index (χ1v) is 10.5. The van der Waals surface area contributed by atoms with Crippen LogP contribution in [0.3, 0.4) is 0 Å². The molecule has 5 rings (SSSR count). The van der Waals surface area contributed by atoms with E-state index in [1.807, 2.05) is 4.90 Å². The number of nitrogens with zero attached hydrogens (tertiary/aromatic N) is 6. The first-order chi connectivity index (χ1) is 15.7. The van der Waals surface area contributed by atoms with Gasteiger partial charge in [0, 0.05) is 19.8 Å². The third-order valence-corrected chi connectivity index (χ3v) is 6.48. The van der Waals surface area contributed by atoms with E-state index in [4.69, 9.17) is 0 Å². The van der Waals surface area contributed by atoms with Crippen LogP contribution in [0.4, 0.5) is 23.4 Å². The number of pyridine rings is 1. The lowest BCUT2D eigenvalue weighted by Gasteiger charge is -2.39. The molecular weight excluding hydrogens is 440 g/mol. The monoisotopic (exact) mass is 460 g/mol. The van der Waals surface area contributed by atoms with Gasteiger partial charge >= 0.3 is 6.18 Å². The highest BCUT2D eigenvalue weighted by Gasteiger charge is 2.49. The van der Waals surface area contributed by atoms with Crippen LogP contribution >= 0.6 is 0 Å². The Bertz CT molecular complexity index is 1160. The van der Waals surface area contributed by atoms with E-state index in [1.165, 1.54) is 30.6 Å². The lowest BCUT2D eigenvalue weighted by atomic mass is 10.0. The van der Waals surface area contributed by atoms with Crippen molar-refractivity contribution in [2.24, 2.45) is 5.92 Å². The van der Waals surface area contributed by atoms with Gasteiger partial charge in [0.05, 0.1) is 35.6 Å². The Morgan fingerprint density at radius 1 is 1.12 bits per heavy atom. The van der Waals surface area contributed by atoms with Gasteiger partial charge in [-0.25, -0.2) is 9.37 Å². The zero-order chi connectivity index (χ0) is 23.3. The van der Waals surface area contributed by atoms with Crippen molar-refractivity contribution < 1.29 is 22.4 Å². The molecule has 33 heavy (non-hydrogen) atoms. The molecule has 2 aliphatic rings. The highest BCUT2D eigenvalue weighted by Crippen LogP contribution is 2.42. The number of rotatable bonds is 4. The van der Waals surface area contributed by atoms with Gasteiger partial charge in [-0.05, 0) is 43.0 Å². The zero-order valence-electron chi connectivity index (χ0n) is 17.6. The fourth-order valence-electron chi connectivity index (χ4n) is 4.95. The number of piperidine rings is 1. The molecule has 0 radical (unpaired) electrons. The van der Waals surface area contributed by atoms with Crippen LogP contribution in [0.15, 0.2) is 48.9 Å². The number of hydrogen-bond donors (Lipinski definition) is 0. The van der Waals surface area contributed by atoms with Crippen molar-refractivity contribution in [3.8, 4) is 5.69 Å². The van der Waals surface area contributed by atoms with Gasteiger partial charge in [0.25, 0.3) is 5.91 Å². The van der Waals surface area contributed by atoms with Crippen LogP contribution in [-0.4, -0.2) is 56.5 Å². The van der Waals surface area contributed by atoms with E-state index in [-0.39, 0.29) is 35.2 Å². The van der Waals surface area contributed by atoms with Gasteiger partial charge in [-0.1, -0.05) is 6.07 Å². The molecule has 0 unspecified atom stereocenters. The molecule has 1 amide bonds. The van der Waals surface area contributed by atoms with Crippen molar-refractivity contribution in [2.75, 3.05) is 18.5 Å². The van der Waals surface area contributed by atoms with Crippen LogP contribution in [-0.2, 0) is 6.18 Å². The molecule has 7 nitrogen and oxygen atoms in total. The summed E-state index contributed by atoms with van der Waals surface area (Å²) in [4.78, 5) is 22.1. The highest BCUT2D eigenvalue weighted by atomic mass is 19.4. The number of para-hydroxylation sites is 1. The molecule has 0 N–H and O–H groups in total. The van der Waals surface area contributed by atoms with E-state index >= 15 is 0 Å². The SMILES string of the molecule is CN(c1ccc(C(F)(F)F)cn1)[C@@H]1C[C@@H]2C[C@@H]1N(C(=O)c1cccc(F)c1-n1nccn1)C2.